The van der Waals surface area contributed by atoms with E-state index in [-0.39, 0.29) is 0 Å². The topological polar surface area (TPSA) is 19.0 Å². The highest BCUT2D eigenvalue weighted by atomic mass is 19.2. The van der Waals surface area contributed by atoms with Crippen LogP contribution >= 0.6 is 0 Å². The van der Waals surface area contributed by atoms with Gasteiger partial charge in [-0.15, -0.1) is 0 Å². The molecule has 1 aromatic carbocycles. The number of aromatic amines is 1. The first kappa shape index (κ1) is 11.4. The van der Waals surface area contributed by atoms with Crippen molar-refractivity contribution in [3.63, 3.8) is 0 Å². The minimum atomic E-state index is -0.750. The number of nitrogens with zero attached hydrogens (tertiary/aromatic N) is 1. The predicted molar refractivity (Wildman–Crippen MR) is 70.1 cm³/mol. The van der Waals surface area contributed by atoms with Gasteiger partial charge in [0.2, 0.25) is 0 Å². The molecule has 2 aliphatic heterocycles. The molecule has 4 rings (SSSR count). The highest BCUT2D eigenvalue weighted by Crippen LogP contribution is 2.40. The Morgan fingerprint density at radius 3 is 2.95 bits per heavy atom. The normalized spacial score (nSPS) is 23.4. The van der Waals surface area contributed by atoms with Crippen LogP contribution in [0.2, 0.25) is 0 Å². The molecular formula is C15H16F2N2. The summed E-state index contributed by atoms with van der Waals surface area (Å²) in [4.78, 5) is 5.80. The molecule has 1 fully saturated rings. The van der Waals surface area contributed by atoms with Crippen LogP contribution in [0.15, 0.2) is 12.1 Å². The summed E-state index contributed by atoms with van der Waals surface area (Å²) in [6.07, 6.45) is 4.39. The van der Waals surface area contributed by atoms with E-state index in [1.807, 2.05) is 0 Å². The Bertz CT molecular complexity index is 647. The molecule has 0 aliphatic carbocycles. The summed E-state index contributed by atoms with van der Waals surface area (Å²) in [5, 5.41) is 0.472. The van der Waals surface area contributed by atoms with E-state index in [1.54, 1.807) is 6.07 Å². The Morgan fingerprint density at radius 1 is 1.16 bits per heavy atom. The summed E-state index contributed by atoms with van der Waals surface area (Å²) in [5.74, 6) is -1.44. The Morgan fingerprint density at radius 2 is 2.05 bits per heavy atom. The SMILES string of the molecule is Fc1ccc2[nH]c3c(c2c1F)CCN1CCCC[C@@H]31. The fourth-order valence-electron chi connectivity index (χ4n) is 3.69. The summed E-state index contributed by atoms with van der Waals surface area (Å²) in [6.45, 7) is 2.08. The van der Waals surface area contributed by atoms with Gasteiger partial charge in [0.05, 0.1) is 6.04 Å². The van der Waals surface area contributed by atoms with E-state index >= 15 is 0 Å². The lowest BCUT2D eigenvalue weighted by Gasteiger charge is -2.39. The molecule has 2 nitrogen and oxygen atoms in total. The molecule has 100 valence electrons. The van der Waals surface area contributed by atoms with E-state index in [0.717, 1.165) is 42.7 Å². The van der Waals surface area contributed by atoms with Gasteiger partial charge in [-0.25, -0.2) is 8.78 Å². The van der Waals surface area contributed by atoms with Gasteiger partial charge in [-0.3, -0.25) is 4.90 Å². The van der Waals surface area contributed by atoms with Gasteiger partial charge in [0.25, 0.3) is 0 Å². The third kappa shape index (κ3) is 1.56. The first-order valence-electron chi connectivity index (χ1n) is 6.98. The number of H-pyrrole nitrogens is 1. The van der Waals surface area contributed by atoms with Crippen molar-refractivity contribution in [2.45, 2.75) is 31.7 Å². The first-order valence-corrected chi connectivity index (χ1v) is 6.98. The molecule has 1 aromatic heterocycles. The second-order valence-electron chi connectivity index (χ2n) is 5.60. The molecule has 0 bridgehead atoms. The molecular weight excluding hydrogens is 246 g/mol. The van der Waals surface area contributed by atoms with E-state index in [1.165, 1.54) is 18.9 Å². The molecule has 3 heterocycles. The van der Waals surface area contributed by atoms with Crippen molar-refractivity contribution in [3.8, 4) is 0 Å². The van der Waals surface area contributed by atoms with E-state index in [9.17, 15) is 8.78 Å². The molecule has 2 aliphatic rings. The second-order valence-corrected chi connectivity index (χ2v) is 5.60. The average Bonchev–Trinajstić information content (AvgIpc) is 2.82. The molecule has 0 amide bonds. The monoisotopic (exact) mass is 262 g/mol. The van der Waals surface area contributed by atoms with Crippen molar-refractivity contribution in [1.29, 1.82) is 0 Å². The van der Waals surface area contributed by atoms with Crippen LogP contribution in [-0.4, -0.2) is 23.0 Å². The van der Waals surface area contributed by atoms with Crippen molar-refractivity contribution in [2.75, 3.05) is 13.1 Å². The van der Waals surface area contributed by atoms with Crippen molar-refractivity contribution in [2.24, 2.45) is 0 Å². The zero-order chi connectivity index (χ0) is 13.0. The number of piperidine rings is 1. The van der Waals surface area contributed by atoms with Crippen LogP contribution in [0, 0.1) is 11.6 Å². The van der Waals surface area contributed by atoms with Crippen molar-refractivity contribution < 1.29 is 8.78 Å². The zero-order valence-corrected chi connectivity index (χ0v) is 10.7. The number of rotatable bonds is 0. The van der Waals surface area contributed by atoms with Gasteiger partial charge >= 0.3 is 0 Å². The van der Waals surface area contributed by atoms with Crippen molar-refractivity contribution in [1.82, 2.24) is 9.88 Å². The molecule has 19 heavy (non-hydrogen) atoms. The lowest BCUT2D eigenvalue weighted by atomic mass is 9.91. The smallest absolute Gasteiger partial charge is 0.168 e. The van der Waals surface area contributed by atoms with Crippen LogP contribution < -0.4 is 0 Å². The molecule has 1 saturated heterocycles. The van der Waals surface area contributed by atoms with E-state index in [0.29, 0.717) is 11.4 Å². The third-order valence-electron chi connectivity index (χ3n) is 4.59. The summed E-state index contributed by atoms with van der Waals surface area (Å²) in [5.41, 5.74) is 2.84. The number of hydrogen-bond acceptors (Lipinski definition) is 1. The maximum atomic E-state index is 14.0. The zero-order valence-electron chi connectivity index (χ0n) is 10.7. The minimum Gasteiger partial charge on any atom is -0.357 e. The average molecular weight is 262 g/mol. The van der Waals surface area contributed by atoms with Crippen LogP contribution in [0.3, 0.4) is 0 Å². The summed E-state index contributed by atoms with van der Waals surface area (Å²) < 4.78 is 27.5. The minimum absolute atomic E-state index is 0.368. The molecule has 0 spiro atoms. The number of halogens is 2. The summed E-state index contributed by atoms with van der Waals surface area (Å²) in [7, 11) is 0. The van der Waals surface area contributed by atoms with Crippen LogP contribution in [0.4, 0.5) is 8.78 Å². The van der Waals surface area contributed by atoms with Crippen LogP contribution in [-0.2, 0) is 6.42 Å². The highest BCUT2D eigenvalue weighted by molar-refractivity contribution is 5.86. The molecule has 2 aromatic rings. The lowest BCUT2D eigenvalue weighted by molar-refractivity contribution is 0.136. The highest BCUT2D eigenvalue weighted by Gasteiger charge is 2.32. The number of nitrogens with one attached hydrogen (secondary N) is 1. The Balaban J connectivity index is 1.94. The Hall–Kier alpha value is -1.42. The second kappa shape index (κ2) is 4.04. The fraction of sp³-hybridized carbons (Fsp3) is 0.467. The number of benzene rings is 1. The van der Waals surface area contributed by atoms with Gasteiger partial charge in [-0.1, -0.05) is 6.42 Å². The molecule has 4 heteroatoms. The molecule has 0 saturated carbocycles. The van der Waals surface area contributed by atoms with Gasteiger partial charge in [-0.2, -0.15) is 0 Å². The standard InChI is InChI=1S/C15H16F2N2/c16-10-4-5-11-13(14(10)17)9-6-8-19-7-2-1-3-12(19)15(9)18-11/h4-5,12,18H,1-3,6-8H2/t12-/m0/s1. The molecule has 1 atom stereocenters. The van der Waals surface area contributed by atoms with Crippen LogP contribution in [0.5, 0.6) is 0 Å². The molecule has 0 radical (unpaired) electrons. The fourth-order valence-corrected chi connectivity index (χ4v) is 3.69. The maximum Gasteiger partial charge on any atom is 0.168 e. The van der Waals surface area contributed by atoms with Crippen molar-refractivity contribution in [3.05, 3.63) is 35.0 Å². The van der Waals surface area contributed by atoms with Crippen LogP contribution in [0.1, 0.15) is 36.6 Å². The van der Waals surface area contributed by atoms with E-state index in [2.05, 4.69) is 9.88 Å². The Kier molecular flexibility index (Phi) is 2.42. The number of hydrogen-bond donors (Lipinski definition) is 1. The number of fused-ring (bicyclic) bond motifs is 5. The van der Waals surface area contributed by atoms with E-state index in [4.69, 9.17) is 0 Å². The van der Waals surface area contributed by atoms with Gasteiger partial charge in [-0.05, 0) is 43.5 Å². The first-order chi connectivity index (χ1) is 9.25. The van der Waals surface area contributed by atoms with Gasteiger partial charge < -0.3 is 4.98 Å². The summed E-state index contributed by atoms with van der Waals surface area (Å²) in [6, 6.07) is 3.23. The maximum absolute atomic E-state index is 14.0. The van der Waals surface area contributed by atoms with Gasteiger partial charge in [0.1, 0.15) is 0 Å². The summed E-state index contributed by atoms with van der Waals surface area (Å²) >= 11 is 0. The predicted octanol–water partition coefficient (Wildman–Crippen LogP) is 3.53. The third-order valence-corrected chi connectivity index (χ3v) is 4.59. The lowest BCUT2D eigenvalue weighted by Crippen LogP contribution is -2.38. The van der Waals surface area contributed by atoms with E-state index < -0.39 is 11.6 Å². The largest absolute Gasteiger partial charge is 0.357 e. The van der Waals surface area contributed by atoms with Gasteiger partial charge in [0, 0.05) is 23.1 Å². The Labute approximate surface area is 110 Å². The molecule has 1 N–H and O–H groups in total. The quantitative estimate of drug-likeness (QED) is 0.769. The van der Waals surface area contributed by atoms with Crippen molar-refractivity contribution >= 4 is 10.9 Å². The van der Waals surface area contributed by atoms with Crippen LogP contribution in [0.25, 0.3) is 10.9 Å². The molecule has 0 unspecified atom stereocenters. The van der Waals surface area contributed by atoms with Gasteiger partial charge in [0.15, 0.2) is 11.6 Å². The number of aromatic nitrogens is 1.